The second-order valence-electron chi connectivity index (χ2n) is 6.40. The van der Waals surface area contributed by atoms with E-state index in [1.807, 2.05) is 0 Å². The van der Waals surface area contributed by atoms with Gasteiger partial charge in [0, 0.05) is 24.2 Å². The Morgan fingerprint density at radius 1 is 1.19 bits per heavy atom. The van der Waals surface area contributed by atoms with Crippen LogP contribution in [0.4, 0.5) is 0 Å². The molecule has 2 unspecified atom stereocenters. The maximum Gasteiger partial charge on any atom is 0.123 e. The van der Waals surface area contributed by atoms with Crippen LogP contribution in [0, 0.1) is 6.92 Å². The third-order valence-electron chi connectivity index (χ3n) is 4.37. The van der Waals surface area contributed by atoms with Crippen molar-refractivity contribution in [1.82, 2.24) is 10.2 Å². The van der Waals surface area contributed by atoms with Crippen LogP contribution >= 0.6 is 0 Å². The fraction of sp³-hybridized carbons (Fsp3) is 0.667. The van der Waals surface area contributed by atoms with Gasteiger partial charge in [-0.05, 0) is 52.8 Å². The molecule has 1 N–H and O–H groups in total. The van der Waals surface area contributed by atoms with Gasteiger partial charge in [0.15, 0.2) is 0 Å². The quantitative estimate of drug-likeness (QED) is 0.867. The van der Waals surface area contributed by atoms with Crippen molar-refractivity contribution in [2.45, 2.75) is 52.1 Å². The Bertz CT molecular complexity index is 441. The molecule has 1 aliphatic rings. The minimum atomic E-state index is 0.305. The first-order valence-corrected chi connectivity index (χ1v) is 8.23. The molecule has 0 aromatic heterocycles. The van der Waals surface area contributed by atoms with Crippen molar-refractivity contribution >= 4 is 0 Å². The summed E-state index contributed by atoms with van der Waals surface area (Å²) < 4.78 is 5.50. The second kappa shape index (κ2) is 7.81. The average molecular weight is 290 g/mol. The van der Waals surface area contributed by atoms with E-state index in [0.29, 0.717) is 12.1 Å². The molecule has 3 nitrogen and oxygen atoms in total. The molecule has 0 aliphatic carbocycles. The summed E-state index contributed by atoms with van der Waals surface area (Å²) in [7, 11) is 1.75. The Morgan fingerprint density at radius 3 is 2.57 bits per heavy atom. The van der Waals surface area contributed by atoms with E-state index in [-0.39, 0.29) is 0 Å². The van der Waals surface area contributed by atoms with Crippen LogP contribution in [0.1, 0.15) is 50.3 Å². The average Bonchev–Trinajstić information content (AvgIpc) is 2.48. The summed E-state index contributed by atoms with van der Waals surface area (Å²) in [5.74, 6) is 0.978. The van der Waals surface area contributed by atoms with E-state index in [1.165, 1.54) is 43.5 Å². The first kappa shape index (κ1) is 16.3. The topological polar surface area (TPSA) is 24.5 Å². The number of hydrogen-bond donors (Lipinski definition) is 1. The van der Waals surface area contributed by atoms with Gasteiger partial charge in [-0.25, -0.2) is 0 Å². The lowest BCUT2D eigenvalue weighted by Crippen LogP contribution is -2.42. The highest BCUT2D eigenvalue weighted by molar-refractivity contribution is 5.38. The molecule has 0 bridgehead atoms. The first-order valence-electron chi connectivity index (χ1n) is 8.23. The number of ether oxygens (including phenoxy) is 1. The molecular weight excluding hydrogens is 260 g/mol. The normalized spacial score (nSPS) is 19.2. The number of hydrogen-bond acceptors (Lipinski definition) is 3. The van der Waals surface area contributed by atoms with Gasteiger partial charge in [0.25, 0.3) is 0 Å². The molecule has 118 valence electrons. The molecule has 2 atom stereocenters. The lowest BCUT2D eigenvalue weighted by Gasteiger charge is -2.31. The molecule has 0 saturated carbocycles. The maximum absolute atomic E-state index is 5.50. The van der Waals surface area contributed by atoms with Gasteiger partial charge in [0.05, 0.1) is 7.11 Å². The Labute approximate surface area is 129 Å². The minimum absolute atomic E-state index is 0.305. The van der Waals surface area contributed by atoms with Crippen molar-refractivity contribution in [3.05, 3.63) is 29.3 Å². The summed E-state index contributed by atoms with van der Waals surface area (Å²) in [6, 6.07) is 7.19. The number of methoxy groups -OCH3 is 1. The molecule has 0 radical (unpaired) electrons. The first-order chi connectivity index (χ1) is 10.1. The van der Waals surface area contributed by atoms with Gasteiger partial charge in [-0.1, -0.05) is 24.1 Å². The van der Waals surface area contributed by atoms with Crippen LogP contribution in [-0.2, 0) is 0 Å². The van der Waals surface area contributed by atoms with Crippen molar-refractivity contribution in [2.75, 3.05) is 26.7 Å². The summed E-state index contributed by atoms with van der Waals surface area (Å²) >= 11 is 0. The Hall–Kier alpha value is -1.06. The van der Waals surface area contributed by atoms with Crippen molar-refractivity contribution in [3.8, 4) is 5.75 Å². The van der Waals surface area contributed by atoms with Crippen LogP contribution < -0.4 is 10.1 Å². The van der Waals surface area contributed by atoms with Crippen LogP contribution in [0.25, 0.3) is 0 Å². The minimum Gasteiger partial charge on any atom is -0.496 e. The van der Waals surface area contributed by atoms with Crippen molar-refractivity contribution < 1.29 is 4.74 Å². The smallest absolute Gasteiger partial charge is 0.123 e. The van der Waals surface area contributed by atoms with Crippen LogP contribution in [0.3, 0.4) is 0 Å². The summed E-state index contributed by atoms with van der Waals surface area (Å²) in [4.78, 5) is 2.58. The van der Waals surface area contributed by atoms with Gasteiger partial charge >= 0.3 is 0 Å². The van der Waals surface area contributed by atoms with Crippen molar-refractivity contribution in [3.63, 3.8) is 0 Å². The molecule has 1 aliphatic heterocycles. The van der Waals surface area contributed by atoms with E-state index in [4.69, 9.17) is 4.74 Å². The second-order valence-corrected chi connectivity index (χ2v) is 6.40. The zero-order valence-corrected chi connectivity index (χ0v) is 14.0. The van der Waals surface area contributed by atoms with E-state index in [2.05, 4.69) is 49.2 Å². The maximum atomic E-state index is 5.50. The number of benzene rings is 1. The molecule has 2 rings (SSSR count). The number of rotatable bonds is 6. The summed E-state index contributed by atoms with van der Waals surface area (Å²) in [6.07, 6.45) is 4.11. The van der Waals surface area contributed by atoms with Gasteiger partial charge in [0.2, 0.25) is 0 Å². The molecule has 1 saturated heterocycles. The molecule has 3 heteroatoms. The van der Waals surface area contributed by atoms with Gasteiger partial charge in [-0.2, -0.15) is 0 Å². The Balaban J connectivity index is 1.93. The molecule has 21 heavy (non-hydrogen) atoms. The highest BCUT2D eigenvalue weighted by Gasteiger charge is 2.17. The third-order valence-corrected chi connectivity index (χ3v) is 4.37. The number of likely N-dealkylation sites (tertiary alicyclic amines) is 1. The van der Waals surface area contributed by atoms with Crippen molar-refractivity contribution in [2.24, 2.45) is 0 Å². The number of nitrogens with zero attached hydrogens (tertiary/aromatic N) is 1. The van der Waals surface area contributed by atoms with E-state index in [0.717, 1.165) is 12.3 Å². The van der Waals surface area contributed by atoms with E-state index >= 15 is 0 Å². The number of piperidine rings is 1. The van der Waals surface area contributed by atoms with Gasteiger partial charge < -0.3 is 15.0 Å². The highest BCUT2D eigenvalue weighted by Crippen LogP contribution is 2.26. The molecule has 1 aromatic rings. The van der Waals surface area contributed by atoms with Crippen molar-refractivity contribution in [1.29, 1.82) is 0 Å². The fourth-order valence-electron chi connectivity index (χ4n) is 3.29. The molecular formula is C18H30N2O. The predicted molar refractivity (Wildman–Crippen MR) is 89.0 cm³/mol. The molecule has 1 heterocycles. The van der Waals surface area contributed by atoms with E-state index in [9.17, 15) is 0 Å². The Morgan fingerprint density at radius 2 is 1.90 bits per heavy atom. The van der Waals surface area contributed by atoms with E-state index in [1.54, 1.807) is 7.11 Å². The molecule has 0 spiro atoms. The molecule has 1 fully saturated rings. The zero-order chi connectivity index (χ0) is 15.2. The van der Waals surface area contributed by atoms with Gasteiger partial charge in [-0.15, -0.1) is 0 Å². The third kappa shape index (κ3) is 4.72. The lowest BCUT2D eigenvalue weighted by molar-refractivity contribution is 0.205. The fourth-order valence-corrected chi connectivity index (χ4v) is 3.29. The van der Waals surface area contributed by atoms with Crippen LogP contribution in [0.15, 0.2) is 18.2 Å². The van der Waals surface area contributed by atoms with Gasteiger partial charge in [-0.3, -0.25) is 0 Å². The SMILES string of the molecule is COc1ccc(C)cc1C(C)NC(C)CN1CCCCC1. The summed E-state index contributed by atoms with van der Waals surface area (Å²) in [5, 5.41) is 3.72. The van der Waals surface area contributed by atoms with Crippen LogP contribution in [-0.4, -0.2) is 37.7 Å². The largest absolute Gasteiger partial charge is 0.496 e. The summed E-state index contributed by atoms with van der Waals surface area (Å²) in [6.45, 7) is 10.3. The molecule has 0 amide bonds. The van der Waals surface area contributed by atoms with E-state index < -0.39 is 0 Å². The summed E-state index contributed by atoms with van der Waals surface area (Å²) in [5.41, 5.74) is 2.53. The van der Waals surface area contributed by atoms with Crippen LogP contribution in [0.2, 0.25) is 0 Å². The zero-order valence-electron chi connectivity index (χ0n) is 14.0. The number of aryl methyl sites for hydroxylation is 1. The predicted octanol–water partition coefficient (Wildman–Crippen LogP) is 3.53. The molecule has 1 aromatic carbocycles. The number of nitrogens with one attached hydrogen (secondary N) is 1. The lowest BCUT2D eigenvalue weighted by atomic mass is 10.0. The Kier molecular flexibility index (Phi) is 6.07. The highest BCUT2D eigenvalue weighted by atomic mass is 16.5. The monoisotopic (exact) mass is 290 g/mol. The standard InChI is InChI=1S/C18H30N2O/c1-14-8-9-18(21-4)17(12-14)16(3)19-15(2)13-20-10-6-5-7-11-20/h8-9,12,15-16,19H,5-7,10-11,13H2,1-4H3. The van der Waals surface area contributed by atoms with Crippen LogP contribution in [0.5, 0.6) is 5.75 Å². The van der Waals surface area contributed by atoms with Gasteiger partial charge in [0.1, 0.15) is 5.75 Å².